The van der Waals surface area contributed by atoms with Crippen molar-refractivity contribution in [2.75, 3.05) is 9.80 Å². The first-order valence-corrected chi connectivity index (χ1v) is 8.41. The molecule has 0 saturated carbocycles. The molecule has 0 N–H and O–H groups in total. The van der Waals surface area contributed by atoms with E-state index in [4.69, 9.17) is 0 Å². The largest absolute Gasteiger partial charge is 0.325 e. The molecule has 2 aromatic rings. The van der Waals surface area contributed by atoms with Crippen LogP contribution in [0.25, 0.3) is 0 Å². The van der Waals surface area contributed by atoms with Crippen molar-refractivity contribution in [3.8, 4) is 0 Å². The maximum Gasteiger partial charge on any atom is 0.107 e. The number of rotatable bonds is 3. The third kappa shape index (κ3) is 2.74. The summed E-state index contributed by atoms with van der Waals surface area (Å²) in [5.74, 6) is 0.512. The Morgan fingerprint density at radius 3 is 2.17 bits per heavy atom. The molecule has 2 aromatic carbocycles. The number of nitrogens with zero attached hydrogens (tertiary/aromatic N) is 2. The van der Waals surface area contributed by atoms with Crippen molar-refractivity contribution >= 4 is 11.4 Å². The zero-order valence-corrected chi connectivity index (χ0v) is 14.7. The standard InChI is InChI=1S/C21H26N2/c1-15(2)19-11-8-10-17(4)21(19)23-14-13-22(18(23)5)20-12-7-6-9-16(20)3/h6-15,18H,1-5H3/t18-/m1/s1. The van der Waals surface area contributed by atoms with E-state index in [0.29, 0.717) is 5.92 Å². The summed E-state index contributed by atoms with van der Waals surface area (Å²) in [6, 6.07) is 15.2. The van der Waals surface area contributed by atoms with Gasteiger partial charge >= 0.3 is 0 Å². The van der Waals surface area contributed by atoms with Crippen LogP contribution in [0.5, 0.6) is 0 Å². The predicted octanol–water partition coefficient (Wildman–Crippen LogP) is 5.57. The van der Waals surface area contributed by atoms with E-state index in [1.807, 2.05) is 0 Å². The number of benzene rings is 2. The predicted molar refractivity (Wildman–Crippen MR) is 100 cm³/mol. The minimum Gasteiger partial charge on any atom is -0.325 e. The minimum atomic E-state index is 0.273. The molecule has 0 fully saturated rings. The molecular weight excluding hydrogens is 280 g/mol. The lowest BCUT2D eigenvalue weighted by Gasteiger charge is -2.33. The highest BCUT2D eigenvalue weighted by Crippen LogP contribution is 2.37. The van der Waals surface area contributed by atoms with Crippen LogP contribution in [0, 0.1) is 13.8 Å². The van der Waals surface area contributed by atoms with Crippen LogP contribution in [0.15, 0.2) is 54.9 Å². The molecule has 0 saturated heterocycles. The zero-order valence-electron chi connectivity index (χ0n) is 14.7. The first kappa shape index (κ1) is 15.7. The third-order valence-electron chi connectivity index (χ3n) is 4.74. The Bertz CT molecular complexity index is 730. The van der Waals surface area contributed by atoms with Gasteiger partial charge in [0, 0.05) is 23.8 Å². The van der Waals surface area contributed by atoms with Crippen molar-refractivity contribution in [2.24, 2.45) is 0 Å². The average molecular weight is 306 g/mol. The monoisotopic (exact) mass is 306 g/mol. The third-order valence-corrected chi connectivity index (χ3v) is 4.74. The molecule has 0 spiro atoms. The lowest BCUT2D eigenvalue weighted by Crippen LogP contribution is -2.37. The molecule has 1 heterocycles. The van der Waals surface area contributed by atoms with Crippen LogP contribution in [0.4, 0.5) is 11.4 Å². The van der Waals surface area contributed by atoms with E-state index in [0.717, 1.165) is 0 Å². The van der Waals surface area contributed by atoms with Crippen LogP contribution < -0.4 is 9.80 Å². The van der Waals surface area contributed by atoms with E-state index < -0.39 is 0 Å². The molecule has 23 heavy (non-hydrogen) atoms. The Balaban J connectivity index is 1.99. The van der Waals surface area contributed by atoms with Gasteiger partial charge in [0.15, 0.2) is 0 Å². The van der Waals surface area contributed by atoms with Crippen molar-refractivity contribution in [1.29, 1.82) is 0 Å². The van der Waals surface area contributed by atoms with Gasteiger partial charge in [-0.05, 0) is 49.4 Å². The molecule has 0 aromatic heterocycles. The number of hydrogen-bond acceptors (Lipinski definition) is 2. The van der Waals surface area contributed by atoms with Gasteiger partial charge in [0.1, 0.15) is 6.17 Å². The fourth-order valence-corrected chi connectivity index (χ4v) is 3.42. The van der Waals surface area contributed by atoms with Gasteiger partial charge in [-0.1, -0.05) is 50.2 Å². The van der Waals surface area contributed by atoms with Crippen molar-refractivity contribution in [3.05, 3.63) is 71.6 Å². The molecule has 0 radical (unpaired) electrons. The maximum atomic E-state index is 2.40. The summed E-state index contributed by atoms with van der Waals surface area (Å²) in [5.41, 5.74) is 6.67. The summed E-state index contributed by atoms with van der Waals surface area (Å²) in [6.45, 7) is 11.2. The fourth-order valence-electron chi connectivity index (χ4n) is 3.42. The van der Waals surface area contributed by atoms with Crippen LogP contribution >= 0.6 is 0 Å². The Hall–Kier alpha value is -2.22. The molecule has 0 bridgehead atoms. The van der Waals surface area contributed by atoms with Gasteiger partial charge in [-0.2, -0.15) is 0 Å². The summed E-state index contributed by atoms with van der Waals surface area (Å²) in [5, 5.41) is 0. The van der Waals surface area contributed by atoms with E-state index in [1.54, 1.807) is 0 Å². The van der Waals surface area contributed by atoms with Crippen molar-refractivity contribution < 1.29 is 0 Å². The van der Waals surface area contributed by atoms with E-state index in [2.05, 4.69) is 99.3 Å². The van der Waals surface area contributed by atoms with E-state index in [-0.39, 0.29) is 6.17 Å². The Morgan fingerprint density at radius 1 is 0.826 bits per heavy atom. The summed E-state index contributed by atoms with van der Waals surface area (Å²) >= 11 is 0. The quantitative estimate of drug-likeness (QED) is 0.731. The van der Waals surface area contributed by atoms with Crippen molar-refractivity contribution in [1.82, 2.24) is 0 Å². The molecule has 2 heteroatoms. The van der Waals surface area contributed by atoms with Crippen LogP contribution in [0.1, 0.15) is 43.4 Å². The lowest BCUT2D eigenvalue weighted by atomic mass is 9.97. The van der Waals surface area contributed by atoms with Crippen LogP contribution in [0.3, 0.4) is 0 Å². The smallest absolute Gasteiger partial charge is 0.107 e. The van der Waals surface area contributed by atoms with E-state index in [9.17, 15) is 0 Å². The van der Waals surface area contributed by atoms with Gasteiger partial charge in [0.25, 0.3) is 0 Å². The molecule has 0 aliphatic carbocycles. The molecule has 3 rings (SSSR count). The van der Waals surface area contributed by atoms with Crippen LogP contribution in [0.2, 0.25) is 0 Å². The van der Waals surface area contributed by atoms with Gasteiger partial charge in [-0.15, -0.1) is 0 Å². The molecule has 0 unspecified atom stereocenters. The first-order valence-electron chi connectivity index (χ1n) is 8.41. The number of anilines is 2. The Morgan fingerprint density at radius 2 is 1.48 bits per heavy atom. The molecular formula is C21H26N2. The summed E-state index contributed by atoms with van der Waals surface area (Å²) in [6.07, 6.45) is 4.68. The molecule has 1 aliphatic heterocycles. The van der Waals surface area contributed by atoms with Crippen LogP contribution in [-0.2, 0) is 0 Å². The normalized spacial score (nSPS) is 17.4. The fraction of sp³-hybridized carbons (Fsp3) is 0.333. The van der Waals surface area contributed by atoms with E-state index >= 15 is 0 Å². The SMILES string of the molecule is Cc1ccccc1N1C=CN(c2c(C)cccc2C(C)C)[C@@H]1C. The molecule has 2 nitrogen and oxygen atoms in total. The van der Waals surface area contributed by atoms with Crippen molar-refractivity contribution in [3.63, 3.8) is 0 Å². The highest BCUT2D eigenvalue weighted by atomic mass is 15.4. The van der Waals surface area contributed by atoms with Gasteiger partial charge in [-0.25, -0.2) is 0 Å². The number of para-hydroxylation sites is 2. The maximum absolute atomic E-state index is 2.40. The Labute approximate surface area is 140 Å². The molecule has 1 atom stereocenters. The topological polar surface area (TPSA) is 6.48 Å². The Kier molecular flexibility index (Phi) is 4.16. The minimum absolute atomic E-state index is 0.273. The summed E-state index contributed by atoms with van der Waals surface area (Å²) < 4.78 is 0. The zero-order chi connectivity index (χ0) is 16.6. The van der Waals surface area contributed by atoms with Gasteiger partial charge in [0.05, 0.1) is 0 Å². The second-order valence-corrected chi connectivity index (χ2v) is 6.70. The number of hydrogen-bond donors (Lipinski definition) is 0. The average Bonchev–Trinajstić information content (AvgIpc) is 2.89. The lowest BCUT2D eigenvalue weighted by molar-refractivity contribution is 0.736. The summed E-state index contributed by atoms with van der Waals surface area (Å²) in [7, 11) is 0. The second-order valence-electron chi connectivity index (χ2n) is 6.70. The highest BCUT2D eigenvalue weighted by molar-refractivity contribution is 5.68. The molecule has 0 amide bonds. The number of aryl methyl sites for hydroxylation is 2. The second kappa shape index (κ2) is 6.11. The van der Waals surface area contributed by atoms with Crippen LogP contribution in [-0.4, -0.2) is 6.17 Å². The van der Waals surface area contributed by atoms with Crippen molar-refractivity contribution in [2.45, 2.75) is 46.7 Å². The summed E-state index contributed by atoms with van der Waals surface area (Å²) in [4.78, 5) is 4.75. The molecule has 1 aliphatic rings. The first-order chi connectivity index (χ1) is 11.0. The van der Waals surface area contributed by atoms with Gasteiger partial charge in [0.2, 0.25) is 0 Å². The van der Waals surface area contributed by atoms with E-state index in [1.165, 1.54) is 28.1 Å². The van der Waals surface area contributed by atoms with Gasteiger partial charge < -0.3 is 9.80 Å². The molecule has 120 valence electrons. The van der Waals surface area contributed by atoms with Gasteiger partial charge in [-0.3, -0.25) is 0 Å². The highest BCUT2D eigenvalue weighted by Gasteiger charge is 2.27.